The zero-order valence-electron chi connectivity index (χ0n) is 11.8. The van der Waals surface area contributed by atoms with Gasteiger partial charge < -0.3 is 15.5 Å². The van der Waals surface area contributed by atoms with Gasteiger partial charge in [0.25, 0.3) is 0 Å². The molecule has 0 spiro atoms. The van der Waals surface area contributed by atoms with Crippen molar-refractivity contribution in [1.82, 2.24) is 10.3 Å². The average molecular weight is 278 g/mol. The van der Waals surface area contributed by atoms with Gasteiger partial charge in [0.05, 0.1) is 12.3 Å². The molecule has 1 saturated carbocycles. The Balaban J connectivity index is 1.99. The molecule has 0 saturated heterocycles. The lowest BCUT2D eigenvalue weighted by Crippen LogP contribution is -2.50. The molecule has 0 aromatic carbocycles. The van der Waals surface area contributed by atoms with Crippen molar-refractivity contribution in [3.05, 3.63) is 29.6 Å². The van der Waals surface area contributed by atoms with E-state index < -0.39 is 5.97 Å². The van der Waals surface area contributed by atoms with Gasteiger partial charge in [0.1, 0.15) is 5.69 Å². The Morgan fingerprint density at radius 2 is 2.15 bits per heavy atom. The molecule has 0 bridgehead atoms. The lowest BCUT2D eigenvalue weighted by Gasteiger charge is -2.39. The zero-order chi connectivity index (χ0) is 14.6. The fourth-order valence-electron chi connectivity index (χ4n) is 2.68. The molecule has 5 nitrogen and oxygen atoms in total. The van der Waals surface area contributed by atoms with Gasteiger partial charge in [-0.3, -0.25) is 0 Å². The molecule has 1 aliphatic rings. The summed E-state index contributed by atoms with van der Waals surface area (Å²) in [7, 11) is 0. The molecule has 1 fully saturated rings. The number of carboxylic acids is 1. The van der Waals surface area contributed by atoms with E-state index in [1.54, 1.807) is 12.1 Å². The fraction of sp³-hybridized carbons (Fsp3) is 0.600. The lowest BCUT2D eigenvalue weighted by atomic mass is 9.77. The smallest absolute Gasteiger partial charge is 0.354 e. The fourth-order valence-corrected chi connectivity index (χ4v) is 2.68. The standard InChI is InChI=1S/C15H22N2O3/c1-11-5-7-15(10-18,8-6-11)16-9-12-3-2-4-13(17-12)14(19)20/h2-4,11,16,18H,5-10H2,1H3,(H,19,20). The Morgan fingerprint density at radius 1 is 1.45 bits per heavy atom. The van der Waals surface area contributed by atoms with E-state index in [-0.39, 0.29) is 17.8 Å². The molecule has 0 amide bonds. The summed E-state index contributed by atoms with van der Waals surface area (Å²) in [4.78, 5) is 15.0. The summed E-state index contributed by atoms with van der Waals surface area (Å²) in [6.07, 6.45) is 4.11. The highest BCUT2D eigenvalue weighted by Gasteiger charge is 2.33. The number of nitrogens with zero attached hydrogens (tertiary/aromatic N) is 1. The summed E-state index contributed by atoms with van der Waals surface area (Å²) in [6, 6.07) is 4.98. The number of aromatic carboxylic acids is 1. The predicted molar refractivity (Wildman–Crippen MR) is 75.5 cm³/mol. The Kier molecular flexibility index (Phi) is 4.73. The van der Waals surface area contributed by atoms with Crippen LogP contribution in [-0.4, -0.2) is 33.3 Å². The molecule has 110 valence electrons. The maximum Gasteiger partial charge on any atom is 0.354 e. The summed E-state index contributed by atoms with van der Waals surface area (Å²) in [6.45, 7) is 2.83. The molecule has 1 aromatic heterocycles. The van der Waals surface area contributed by atoms with Gasteiger partial charge in [-0.15, -0.1) is 0 Å². The SMILES string of the molecule is CC1CCC(CO)(NCc2cccc(C(=O)O)n2)CC1. The van der Waals surface area contributed by atoms with Crippen molar-refractivity contribution < 1.29 is 15.0 Å². The van der Waals surface area contributed by atoms with Crippen LogP contribution in [-0.2, 0) is 6.54 Å². The van der Waals surface area contributed by atoms with Gasteiger partial charge in [0.15, 0.2) is 0 Å². The minimum Gasteiger partial charge on any atom is -0.477 e. The predicted octanol–water partition coefficient (Wildman–Crippen LogP) is 1.81. The second-order valence-electron chi connectivity index (χ2n) is 5.79. The average Bonchev–Trinajstić information content (AvgIpc) is 2.47. The normalized spacial score (nSPS) is 26.4. The van der Waals surface area contributed by atoms with Crippen LogP contribution in [0.3, 0.4) is 0 Å². The van der Waals surface area contributed by atoms with Crippen LogP contribution in [0.25, 0.3) is 0 Å². The number of aromatic nitrogens is 1. The van der Waals surface area contributed by atoms with Gasteiger partial charge in [-0.1, -0.05) is 13.0 Å². The number of aliphatic hydroxyl groups is 1. The monoisotopic (exact) mass is 278 g/mol. The van der Waals surface area contributed by atoms with E-state index in [0.29, 0.717) is 18.2 Å². The number of rotatable bonds is 5. The lowest BCUT2D eigenvalue weighted by molar-refractivity contribution is 0.0689. The topological polar surface area (TPSA) is 82.5 Å². The van der Waals surface area contributed by atoms with E-state index in [0.717, 1.165) is 25.7 Å². The summed E-state index contributed by atoms with van der Waals surface area (Å²) < 4.78 is 0. The van der Waals surface area contributed by atoms with Crippen LogP contribution in [0, 0.1) is 5.92 Å². The summed E-state index contributed by atoms with van der Waals surface area (Å²) in [5, 5.41) is 22.0. The molecule has 0 unspecified atom stereocenters. The van der Waals surface area contributed by atoms with Crippen LogP contribution in [0.4, 0.5) is 0 Å². The number of hydrogen-bond donors (Lipinski definition) is 3. The second-order valence-corrected chi connectivity index (χ2v) is 5.79. The molecule has 1 aliphatic carbocycles. The molecule has 5 heteroatoms. The highest BCUT2D eigenvalue weighted by molar-refractivity contribution is 5.85. The van der Waals surface area contributed by atoms with Crippen LogP contribution in [0.1, 0.15) is 48.8 Å². The maximum atomic E-state index is 10.9. The molecule has 0 aliphatic heterocycles. The van der Waals surface area contributed by atoms with Gasteiger partial charge in [-0.2, -0.15) is 0 Å². The van der Waals surface area contributed by atoms with Crippen LogP contribution >= 0.6 is 0 Å². The second kappa shape index (κ2) is 6.33. The third-order valence-electron chi connectivity index (χ3n) is 4.20. The Bertz CT molecular complexity index is 468. The molecule has 1 heterocycles. The van der Waals surface area contributed by atoms with Gasteiger partial charge in [-0.25, -0.2) is 9.78 Å². The van der Waals surface area contributed by atoms with E-state index in [2.05, 4.69) is 17.2 Å². The number of carbonyl (C=O) groups is 1. The van der Waals surface area contributed by atoms with E-state index in [9.17, 15) is 9.90 Å². The van der Waals surface area contributed by atoms with Crippen LogP contribution < -0.4 is 5.32 Å². The summed E-state index contributed by atoms with van der Waals surface area (Å²) in [5.74, 6) is -0.305. The molecular weight excluding hydrogens is 256 g/mol. The number of nitrogens with one attached hydrogen (secondary N) is 1. The first-order chi connectivity index (χ1) is 9.54. The molecular formula is C15H22N2O3. The van der Waals surface area contributed by atoms with Crippen molar-refractivity contribution in [3.63, 3.8) is 0 Å². The van der Waals surface area contributed by atoms with Crippen molar-refractivity contribution >= 4 is 5.97 Å². The molecule has 1 aromatic rings. The number of carboxylic acid groups (broad SMARTS) is 1. The maximum absolute atomic E-state index is 10.9. The Morgan fingerprint density at radius 3 is 2.75 bits per heavy atom. The van der Waals surface area contributed by atoms with E-state index >= 15 is 0 Å². The molecule has 0 atom stereocenters. The highest BCUT2D eigenvalue weighted by atomic mass is 16.4. The van der Waals surface area contributed by atoms with E-state index in [1.807, 2.05) is 0 Å². The number of pyridine rings is 1. The van der Waals surface area contributed by atoms with E-state index in [4.69, 9.17) is 5.11 Å². The van der Waals surface area contributed by atoms with Gasteiger partial charge in [-0.05, 0) is 43.7 Å². The minimum absolute atomic E-state index is 0.0552. The van der Waals surface area contributed by atoms with Crippen molar-refractivity contribution in [2.24, 2.45) is 5.92 Å². The largest absolute Gasteiger partial charge is 0.477 e. The molecule has 20 heavy (non-hydrogen) atoms. The van der Waals surface area contributed by atoms with Crippen LogP contribution in [0.15, 0.2) is 18.2 Å². The first-order valence-electron chi connectivity index (χ1n) is 7.10. The van der Waals surface area contributed by atoms with Gasteiger partial charge >= 0.3 is 5.97 Å². The molecule has 0 radical (unpaired) electrons. The summed E-state index contributed by atoms with van der Waals surface area (Å²) in [5.41, 5.74) is 0.504. The van der Waals surface area contributed by atoms with E-state index in [1.165, 1.54) is 6.07 Å². The van der Waals surface area contributed by atoms with Crippen LogP contribution in [0.5, 0.6) is 0 Å². The number of hydrogen-bond acceptors (Lipinski definition) is 4. The number of aliphatic hydroxyl groups excluding tert-OH is 1. The highest BCUT2D eigenvalue weighted by Crippen LogP contribution is 2.31. The zero-order valence-corrected chi connectivity index (χ0v) is 11.8. The Hall–Kier alpha value is -1.46. The quantitative estimate of drug-likeness (QED) is 0.765. The van der Waals surface area contributed by atoms with Gasteiger partial charge in [0, 0.05) is 12.1 Å². The van der Waals surface area contributed by atoms with Crippen molar-refractivity contribution in [2.75, 3.05) is 6.61 Å². The van der Waals surface area contributed by atoms with Crippen LogP contribution in [0.2, 0.25) is 0 Å². The van der Waals surface area contributed by atoms with Crippen molar-refractivity contribution in [3.8, 4) is 0 Å². The van der Waals surface area contributed by atoms with Crippen molar-refractivity contribution in [1.29, 1.82) is 0 Å². The third-order valence-corrected chi connectivity index (χ3v) is 4.20. The van der Waals surface area contributed by atoms with Gasteiger partial charge in [0.2, 0.25) is 0 Å². The third kappa shape index (κ3) is 3.55. The first-order valence-corrected chi connectivity index (χ1v) is 7.10. The minimum atomic E-state index is -1.02. The summed E-state index contributed by atoms with van der Waals surface area (Å²) >= 11 is 0. The molecule has 3 N–H and O–H groups in total. The van der Waals surface area contributed by atoms with Crippen molar-refractivity contribution in [2.45, 2.75) is 44.7 Å². The Labute approximate surface area is 119 Å². The molecule has 2 rings (SSSR count). The first kappa shape index (κ1) is 14.9.